The Hall–Kier alpha value is -0.850. The maximum Gasteiger partial charge on any atom is 0.191 e. The molecular weight excluding hydrogens is 250 g/mol. The van der Waals surface area contributed by atoms with Crippen LogP contribution in [-0.2, 0) is 11.3 Å². The van der Waals surface area contributed by atoms with E-state index in [0.29, 0.717) is 18.9 Å². The van der Waals surface area contributed by atoms with Gasteiger partial charge < -0.3 is 14.4 Å². The molecule has 0 aromatic carbocycles. The Morgan fingerprint density at radius 1 is 1.50 bits per heavy atom. The summed E-state index contributed by atoms with van der Waals surface area (Å²) in [6.07, 6.45) is 1.45. The number of thioether (sulfide) groups is 1. The topological polar surface area (TPSA) is 60.2 Å². The molecule has 1 rings (SSSR count). The van der Waals surface area contributed by atoms with Crippen molar-refractivity contribution in [2.24, 2.45) is 0 Å². The highest BCUT2D eigenvalue weighted by atomic mass is 32.2. The predicted molar refractivity (Wildman–Crippen MR) is 72.8 cm³/mol. The van der Waals surface area contributed by atoms with Crippen LogP contribution in [-0.4, -0.2) is 44.4 Å². The van der Waals surface area contributed by atoms with Crippen molar-refractivity contribution in [2.45, 2.75) is 44.7 Å². The molecule has 0 aliphatic rings. The smallest absolute Gasteiger partial charge is 0.191 e. The van der Waals surface area contributed by atoms with Crippen molar-refractivity contribution >= 4 is 11.8 Å². The highest BCUT2D eigenvalue weighted by molar-refractivity contribution is 7.99. The second kappa shape index (κ2) is 7.56. The van der Waals surface area contributed by atoms with Crippen LogP contribution in [0.3, 0.4) is 0 Å². The first-order chi connectivity index (χ1) is 8.54. The predicted octanol–water partition coefficient (Wildman–Crippen LogP) is 1.65. The van der Waals surface area contributed by atoms with Crippen molar-refractivity contribution in [1.82, 2.24) is 14.8 Å². The second-order valence-electron chi connectivity index (χ2n) is 4.28. The number of nitrogens with zero attached hydrogens (tertiary/aromatic N) is 3. The van der Waals surface area contributed by atoms with Crippen LogP contribution in [0, 0.1) is 6.92 Å². The van der Waals surface area contributed by atoms with Gasteiger partial charge in [-0.1, -0.05) is 17.8 Å². The molecule has 0 aliphatic carbocycles. The molecule has 1 heterocycles. The van der Waals surface area contributed by atoms with Crippen LogP contribution in [0.5, 0.6) is 0 Å². The van der Waals surface area contributed by atoms with Crippen LogP contribution >= 0.6 is 11.8 Å². The molecule has 5 nitrogen and oxygen atoms in total. The standard InChI is InChI=1S/C12H21N3O2S/c1-5-6-15-10(4)13-14-12(15)18-8-11(16)7-17-9(2)3/h5,9,11,16H,1,6-8H2,2-4H3. The Bertz CT molecular complexity index is 379. The fourth-order valence-electron chi connectivity index (χ4n) is 1.33. The number of hydrogen-bond acceptors (Lipinski definition) is 5. The van der Waals surface area contributed by atoms with E-state index in [9.17, 15) is 5.11 Å². The van der Waals surface area contributed by atoms with Crippen LogP contribution in [0.2, 0.25) is 0 Å². The van der Waals surface area contributed by atoms with Crippen LogP contribution in [0.4, 0.5) is 0 Å². The summed E-state index contributed by atoms with van der Waals surface area (Å²) in [6, 6.07) is 0. The molecule has 0 spiro atoms. The van der Waals surface area contributed by atoms with E-state index in [2.05, 4.69) is 16.8 Å². The highest BCUT2D eigenvalue weighted by Gasteiger charge is 2.12. The van der Waals surface area contributed by atoms with Gasteiger partial charge in [-0.05, 0) is 20.8 Å². The fourth-order valence-corrected chi connectivity index (χ4v) is 2.23. The summed E-state index contributed by atoms with van der Waals surface area (Å²) < 4.78 is 7.32. The van der Waals surface area contributed by atoms with E-state index in [0.717, 1.165) is 11.0 Å². The van der Waals surface area contributed by atoms with Gasteiger partial charge in [0.1, 0.15) is 5.82 Å². The van der Waals surface area contributed by atoms with Gasteiger partial charge in [0.2, 0.25) is 0 Å². The van der Waals surface area contributed by atoms with Gasteiger partial charge in [0, 0.05) is 12.3 Å². The Balaban J connectivity index is 2.45. The summed E-state index contributed by atoms with van der Waals surface area (Å²) in [5.74, 6) is 1.40. The van der Waals surface area contributed by atoms with E-state index in [4.69, 9.17) is 4.74 Å². The summed E-state index contributed by atoms with van der Waals surface area (Å²) in [4.78, 5) is 0. The van der Waals surface area contributed by atoms with Crippen LogP contribution in [0.1, 0.15) is 19.7 Å². The third kappa shape index (κ3) is 4.80. The first-order valence-electron chi connectivity index (χ1n) is 5.97. The summed E-state index contributed by atoms with van der Waals surface area (Å²) in [7, 11) is 0. The molecule has 0 aliphatic heterocycles. The molecular formula is C12H21N3O2S. The average molecular weight is 271 g/mol. The summed E-state index contributed by atoms with van der Waals surface area (Å²) in [5.41, 5.74) is 0. The van der Waals surface area contributed by atoms with Crippen molar-refractivity contribution < 1.29 is 9.84 Å². The van der Waals surface area contributed by atoms with Crippen molar-refractivity contribution in [3.63, 3.8) is 0 Å². The number of aliphatic hydroxyl groups excluding tert-OH is 1. The molecule has 18 heavy (non-hydrogen) atoms. The largest absolute Gasteiger partial charge is 0.390 e. The van der Waals surface area contributed by atoms with Crippen molar-refractivity contribution in [1.29, 1.82) is 0 Å². The molecule has 1 atom stereocenters. The molecule has 102 valence electrons. The lowest BCUT2D eigenvalue weighted by molar-refractivity contribution is 0.0152. The Labute approximate surface area is 112 Å². The zero-order valence-electron chi connectivity index (χ0n) is 11.2. The maximum absolute atomic E-state index is 9.76. The zero-order valence-corrected chi connectivity index (χ0v) is 12.0. The number of aromatic nitrogens is 3. The SMILES string of the molecule is C=CCn1c(C)nnc1SCC(O)COC(C)C. The maximum atomic E-state index is 9.76. The van der Waals surface area contributed by atoms with Gasteiger partial charge in [-0.2, -0.15) is 0 Å². The number of ether oxygens (including phenoxy) is 1. The van der Waals surface area contributed by atoms with E-state index in [1.54, 1.807) is 6.08 Å². The van der Waals surface area contributed by atoms with Crippen LogP contribution < -0.4 is 0 Å². The molecule has 0 saturated heterocycles. The van der Waals surface area contributed by atoms with Gasteiger partial charge in [0.05, 0.1) is 18.8 Å². The van der Waals surface area contributed by atoms with Gasteiger partial charge in [0.15, 0.2) is 5.16 Å². The minimum atomic E-state index is -0.494. The number of aryl methyl sites for hydroxylation is 1. The molecule has 6 heteroatoms. The van der Waals surface area contributed by atoms with Gasteiger partial charge in [-0.15, -0.1) is 16.8 Å². The quantitative estimate of drug-likeness (QED) is 0.575. The molecule has 1 aromatic heterocycles. The highest BCUT2D eigenvalue weighted by Crippen LogP contribution is 2.18. The molecule has 0 amide bonds. The Kier molecular flexibility index (Phi) is 6.38. The van der Waals surface area contributed by atoms with Crippen LogP contribution in [0.25, 0.3) is 0 Å². The second-order valence-corrected chi connectivity index (χ2v) is 5.26. The molecule has 1 N–H and O–H groups in total. The summed E-state index contributed by atoms with van der Waals surface area (Å²) >= 11 is 1.48. The fraction of sp³-hybridized carbons (Fsp3) is 0.667. The Morgan fingerprint density at radius 3 is 2.83 bits per heavy atom. The summed E-state index contributed by atoms with van der Waals surface area (Å²) in [6.45, 7) is 10.5. The average Bonchev–Trinajstić information content (AvgIpc) is 2.66. The molecule has 0 bridgehead atoms. The van der Waals surface area contributed by atoms with Crippen LogP contribution in [0.15, 0.2) is 17.8 Å². The monoisotopic (exact) mass is 271 g/mol. The van der Waals surface area contributed by atoms with Gasteiger partial charge >= 0.3 is 0 Å². The number of hydrogen-bond donors (Lipinski definition) is 1. The van der Waals surface area contributed by atoms with Crippen molar-refractivity contribution in [2.75, 3.05) is 12.4 Å². The lowest BCUT2D eigenvalue weighted by Crippen LogP contribution is -2.20. The van der Waals surface area contributed by atoms with Gasteiger partial charge in [-0.25, -0.2) is 0 Å². The molecule has 0 fully saturated rings. The van der Waals surface area contributed by atoms with E-state index in [1.165, 1.54) is 11.8 Å². The van der Waals surface area contributed by atoms with E-state index >= 15 is 0 Å². The first kappa shape index (κ1) is 15.2. The zero-order chi connectivity index (χ0) is 13.5. The van der Waals surface area contributed by atoms with Gasteiger partial charge in [-0.3, -0.25) is 0 Å². The van der Waals surface area contributed by atoms with E-state index < -0.39 is 6.10 Å². The summed E-state index contributed by atoms with van der Waals surface area (Å²) in [5, 5.41) is 18.7. The van der Waals surface area contributed by atoms with Crippen molar-refractivity contribution in [3.8, 4) is 0 Å². The minimum Gasteiger partial charge on any atom is -0.390 e. The minimum absolute atomic E-state index is 0.135. The molecule has 1 unspecified atom stereocenters. The normalized spacial score (nSPS) is 12.9. The molecule has 0 saturated carbocycles. The third-order valence-corrected chi connectivity index (χ3v) is 3.35. The van der Waals surface area contributed by atoms with E-state index in [-0.39, 0.29) is 6.10 Å². The molecule has 0 radical (unpaired) electrons. The number of rotatable bonds is 8. The number of allylic oxidation sites excluding steroid dienone is 1. The van der Waals surface area contributed by atoms with Crippen molar-refractivity contribution in [3.05, 3.63) is 18.5 Å². The number of aliphatic hydroxyl groups is 1. The Morgan fingerprint density at radius 2 is 2.22 bits per heavy atom. The molecule has 1 aromatic rings. The van der Waals surface area contributed by atoms with E-state index in [1.807, 2.05) is 25.3 Å². The lowest BCUT2D eigenvalue weighted by atomic mass is 10.4. The lowest BCUT2D eigenvalue weighted by Gasteiger charge is -2.13. The third-order valence-electron chi connectivity index (χ3n) is 2.24. The first-order valence-corrected chi connectivity index (χ1v) is 6.96. The van der Waals surface area contributed by atoms with Gasteiger partial charge in [0.25, 0.3) is 0 Å².